The van der Waals surface area contributed by atoms with Crippen molar-refractivity contribution in [3.05, 3.63) is 42.7 Å². The fourth-order valence-corrected chi connectivity index (χ4v) is 2.60. The van der Waals surface area contributed by atoms with Crippen LogP contribution in [0.4, 0.5) is 5.69 Å². The summed E-state index contributed by atoms with van der Waals surface area (Å²) in [5.41, 5.74) is 0.642. The number of carbonyl (C=O) groups excluding carboxylic acids is 1. The van der Waals surface area contributed by atoms with E-state index in [2.05, 4.69) is 20.5 Å². The van der Waals surface area contributed by atoms with Crippen LogP contribution in [-0.4, -0.2) is 38.4 Å². The summed E-state index contributed by atoms with van der Waals surface area (Å²) in [6, 6.07) is 9.05. The van der Waals surface area contributed by atoms with Gasteiger partial charge in [0.15, 0.2) is 5.16 Å². The molecule has 8 heteroatoms. The number of para-hydroxylation sites is 2. The number of amides is 1. The second-order valence-electron chi connectivity index (χ2n) is 4.31. The molecule has 0 unspecified atom stereocenters. The lowest BCUT2D eigenvalue weighted by Crippen LogP contribution is -2.14. The van der Waals surface area contributed by atoms with Crippen molar-refractivity contribution in [3.63, 3.8) is 0 Å². The molecule has 3 rings (SSSR count). The van der Waals surface area contributed by atoms with Crippen LogP contribution >= 0.6 is 11.8 Å². The van der Waals surface area contributed by atoms with Crippen LogP contribution in [0, 0.1) is 0 Å². The summed E-state index contributed by atoms with van der Waals surface area (Å²) in [6.45, 7) is 0. The highest BCUT2D eigenvalue weighted by molar-refractivity contribution is 7.99. The van der Waals surface area contributed by atoms with E-state index < -0.39 is 0 Å². The lowest BCUT2D eigenvalue weighted by Gasteiger charge is -2.09. The van der Waals surface area contributed by atoms with Crippen LogP contribution < -0.4 is 10.1 Å². The Bertz CT molecular complexity index is 805. The number of nitrogens with zero attached hydrogens (tertiary/aromatic N) is 4. The molecule has 2 aromatic heterocycles. The zero-order valence-corrected chi connectivity index (χ0v) is 12.6. The SMILES string of the molecule is COc1ccccc1NC(=O)CSc1nnc2ncccn12. The van der Waals surface area contributed by atoms with Gasteiger partial charge < -0.3 is 10.1 Å². The number of thioether (sulfide) groups is 1. The van der Waals surface area contributed by atoms with Gasteiger partial charge in [0.2, 0.25) is 5.91 Å². The first-order chi connectivity index (χ1) is 10.8. The van der Waals surface area contributed by atoms with E-state index in [0.29, 0.717) is 22.4 Å². The van der Waals surface area contributed by atoms with Crippen molar-refractivity contribution < 1.29 is 9.53 Å². The standard InChI is InChI=1S/C14H13N5O2S/c1-21-11-6-3-2-5-10(11)16-12(20)9-22-14-18-17-13-15-7-4-8-19(13)14/h2-8H,9H2,1H3,(H,16,20). The molecule has 1 aromatic carbocycles. The molecule has 1 amide bonds. The van der Waals surface area contributed by atoms with Crippen molar-refractivity contribution in [1.82, 2.24) is 19.6 Å². The van der Waals surface area contributed by atoms with E-state index >= 15 is 0 Å². The Morgan fingerprint density at radius 3 is 3.05 bits per heavy atom. The fraction of sp³-hybridized carbons (Fsp3) is 0.143. The topological polar surface area (TPSA) is 81.4 Å². The van der Waals surface area contributed by atoms with Gasteiger partial charge in [-0.2, -0.15) is 0 Å². The minimum atomic E-state index is -0.143. The van der Waals surface area contributed by atoms with Crippen molar-refractivity contribution in [2.75, 3.05) is 18.2 Å². The molecule has 0 aliphatic rings. The van der Waals surface area contributed by atoms with E-state index in [1.54, 1.807) is 35.9 Å². The van der Waals surface area contributed by atoms with Crippen LogP contribution in [0.5, 0.6) is 5.75 Å². The number of hydrogen-bond donors (Lipinski definition) is 1. The van der Waals surface area contributed by atoms with Gasteiger partial charge in [-0.3, -0.25) is 9.20 Å². The van der Waals surface area contributed by atoms with Gasteiger partial charge in [-0.05, 0) is 18.2 Å². The number of hydrogen-bond acceptors (Lipinski definition) is 6. The molecule has 0 fully saturated rings. The summed E-state index contributed by atoms with van der Waals surface area (Å²) in [4.78, 5) is 16.1. The van der Waals surface area contributed by atoms with Gasteiger partial charge in [-0.15, -0.1) is 10.2 Å². The number of aromatic nitrogens is 4. The number of carbonyl (C=O) groups is 1. The third-order valence-corrected chi connectivity index (χ3v) is 3.81. The van der Waals surface area contributed by atoms with Crippen LogP contribution in [0.15, 0.2) is 47.9 Å². The summed E-state index contributed by atoms with van der Waals surface area (Å²) in [6.07, 6.45) is 3.45. The second-order valence-corrected chi connectivity index (χ2v) is 5.25. The van der Waals surface area contributed by atoms with Crippen molar-refractivity contribution >= 4 is 29.1 Å². The molecule has 0 bridgehead atoms. The molecule has 3 aromatic rings. The van der Waals surface area contributed by atoms with Crippen LogP contribution in [0.25, 0.3) is 5.78 Å². The highest BCUT2D eigenvalue weighted by atomic mass is 32.2. The van der Waals surface area contributed by atoms with Gasteiger partial charge in [0.05, 0.1) is 18.6 Å². The molecule has 1 N–H and O–H groups in total. The number of methoxy groups -OCH3 is 1. The number of benzene rings is 1. The molecule has 0 radical (unpaired) electrons. The molecule has 7 nitrogen and oxygen atoms in total. The first-order valence-corrected chi connectivity index (χ1v) is 7.48. The van der Waals surface area contributed by atoms with E-state index in [9.17, 15) is 4.79 Å². The van der Waals surface area contributed by atoms with Crippen molar-refractivity contribution in [1.29, 1.82) is 0 Å². The van der Waals surface area contributed by atoms with Crippen LogP contribution in [0.3, 0.4) is 0 Å². The Morgan fingerprint density at radius 1 is 1.32 bits per heavy atom. The van der Waals surface area contributed by atoms with Gasteiger partial charge in [0.1, 0.15) is 5.75 Å². The highest BCUT2D eigenvalue weighted by Crippen LogP contribution is 2.23. The molecule has 0 aliphatic heterocycles. The van der Waals surface area contributed by atoms with Gasteiger partial charge in [0.25, 0.3) is 5.78 Å². The molecule has 112 valence electrons. The van der Waals surface area contributed by atoms with E-state index in [1.165, 1.54) is 11.8 Å². The van der Waals surface area contributed by atoms with E-state index in [-0.39, 0.29) is 11.7 Å². The Labute approximate surface area is 130 Å². The van der Waals surface area contributed by atoms with E-state index in [0.717, 1.165) is 0 Å². The van der Waals surface area contributed by atoms with E-state index in [4.69, 9.17) is 4.74 Å². The van der Waals surface area contributed by atoms with Gasteiger partial charge in [-0.25, -0.2) is 4.98 Å². The zero-order valence-electron chi connectivity index (χ0n) is 11.8. The van der Waals surface area contributed by atoms with Gasteiger partial charge >= 0.3 is 0 Å². The second kappa shape index (κ2) is 6.44. The maximum absolute atomic E-state index is 12.1. The highest BCUT2D eigenvalue weighted by Gasteiger charge is 2.11. The molecule has 0 spiro atoms. The minimum absolute atomic E-state index is 0.143. The Balaban J connectivity index is 1.65. The molecule has 2 heterocycles. The summed E-state index contributed by atoms with van der Waals surface area (Å²) in [5.74, 6) is 1.21. The molecule has 22 heavy (non-hydrogen) atoms. The lowest BCUT2D eigenvalue weighted by atomic mass is 10.3. The Kier molecular flexibility index (Phi) is 4.19. The van der Waals surface area contributed by atoms with Gasteiger partial charge in [0, 0.05) is 12.4 Å². The number of ether oxygens (including phenoxy) is 1. The fourth-order valence-electron chi connectivity index (χ4n) is 1.88. The van der Waals surface area contributed by atoms with Gasteiger partial charge in [-0.1, -0.05) is 23.9 Å². The number of rotatable bonds is 5. The average molecular weight is 315 g/mol. The van der Waals surface area contributed by atoms with Crippen LogP contribution in [0.2, 0.25) is 0 Å². The maximum Gasteiger partial charge on any atom is 0.255 e. The zero-order chi connectivity index (χ0) is 15.4. The van der Waals surface area contributed by atoms with Crippen molar-refractivity contribution in [2.45, 2.75) is 5.16 Å². The average Bonchev–Trinajstić information content (AvgIpc) is 2.97. The molecule has 0 atom stereocenters. The third-order valence-electron chi connectivity index (χ3n) is 2.87. The number of anilines is 1. The summed E-state index contributed by atoms with van der Waals surface area (Å²) < 4.78 is 6.94. The van der Waals surface area contributed by atoms with Crippen LogP contribution in [0.1, 0.15) is 0 Å². The van der Waals surface area contributed by atoms with Crippen molar-refractivity contribution in [3.8, 4) is 5.75 Å². The molecule has 0 aliphatic carbocycles. The molecule has 0 saturated heterocycles. The first-order valence-electron chi connectivity index (χ1n) is 6.49. The smallest absolute Gasteiger partial charge is 0.255 e. The first kappa shape index (κ1) is 14.3. The largest absolute Gasteiger partial charge is 0.495 e. The Hall–Kier alpha value is -2.61. The number of nitrogens with one attached hydrogen (secondary N) is 1. The van der Waals surface area contributed by atoms with E-state index in [1.807, 2.05) is 18.3 Å². The third kappa shape index (κ3) is 3.01. The number of fused-ring (bicyclic) bond motifs is 1. The quantitative estimate of drug-likeness (QED) is 0.724. The predicted octanol–water partition coefficient (Wildman–Crippen LogP) is 1.86. The normalized spacial score (nSPS) is 10.6. The molecular weight excluding hydrogens is 302 g/mol. The molecule has 0 saturated carbocycles. The summed E-state index contributed by atoms with van der Waals surface area (Å²) >= 11 is 1.29. The van der Waals surface area contributed by atoms with Crippen molar-refractivity contribution in [2.24, 2.45) is 0 Å². The molecular formula is C14H13N5O2S. The lowest BCUT2D eigenvalue weighted by molar-refractivity contribution is -0.113. The summed E-state index contributed by atoms with van der Waals surface area (Å²) in [7, 11) is 1.56. The van der Waals surface area contributed by atoms with Crippen LogP contribution in [-0.2, 0) is 4.79 Å². The Morgan fingerprint density at radius 2 is 2.18 bits per heavy atom. The monoisotopic (exact) mass is 315 g/mol. The minimum Gasteiger partial charge on any atom is -0.495 e. The maximum atomic E-state index is 12.1. The summed E-state index contributed by atoms with van der Waals surface area (Å²) in [5, 5.41) is 11.4. The predicted molar refractivity (Wildman–Crippen MR) is 83.1 cm³/mol.